The fraction of sp³-hybridized carbons (Fsp3) is 0.333. The van der Waals surface area contributed by atoms with Crippen molar-refractivity contribution in [2.45, 2.75) is 126 Å². The lowest BCUT2D eigenvalue weighted by molar-refractivity contribution is 0.0996. The van der Waals surface area contributed by atoms with Crippen molar-refractivity contribution in [3.05, 3.63) is 231 Å². The molecule has 0 aliphatic heterocycles. The number of aromatic amines is 1. The second kappa shape index (κ2) is 27.7. The van der Waals surface area contributed by atoms with Gasteiger partial charge in [0.05, 0.1) is 26.4 Å². The summed E-state index contributed by atoms with van der Waals surface area (Å²) in [5.41, 5.74) is 13.4. The van der Waals surface area contributed by atoms with Crippen molar-refractivity contribution in [1.29, 1.82) is 10.8 Å². The van der Waals surface area contributed by atoms with Crippen molar-refractivity contribution in [3.8, 4) is 34.5 Å². The molecule has 0 saturated carbocycles. The van der Waals surface area contributed by atoms with Crippen LogP contribution in [0.5, 0.6) is 34.5 Å². The van der Waals surface area contributed by atoms with Crippen LogP contribution in [0.4, 0.5) is 0 Å². The summed E-state index contributed by atoms with van der Waals surface area (Å²) in [4.78, 5) is 3.63. The first-order chi connectivity index (χ1) is 40.9. The average molecular weight is 1140 g/mol. The van der Waals surface area contributed by atoms with E-state index in [0.717, 1.165) is 70.3 Å². The van der Waals surface area contributed by atoms with E-state index in [9.17, 15) is 0 Å². The maximum atomic E-state index is 8.63. The number of nitrogens with one attached hydrogen (secondary N) is 3. The van der Waals surface area contributed by atoms with Crippen molar-refractivity contribution in [2.24, 2.45) is 22.7 Å². The minimum atomic E-state index is 0.0298. The maximum Gasteiger partial charge on any atom is 0.213 e. The molecule has 3 aliphatic carbocycles. The SMILES string of the molecule is C=N.CC(C)(C)C1=CCC(COCc2ccc(Oc3cc(COc4ccc5c6c([nH]c5c4)CCC=C6)cc(OCc4ccc(COC(=N)c5ccc(C(C)(C)C)cc5)cc4)c3Oc3ccc(COCC4C=CC(C(C)(C)C)=CC4)cc3)cc2)C=C1. The molecule has 0 saturated heterocycles. The molecule has 1 aromatic heterocycles. The Kier molecular flexibility index (Phi) is 20.0. The van der Waals surface area contributed by atoms with E-state index >= 15 is 0 Å². The van der Waals surface area contributed by atoms with Crippen LogP contribution in [-0.4, -0.2) is 30.8 Å². The summed E-state index contributed by atoms with van der Waals surface area (Å²) < 4.78 is 45.6. The molecule has 3 N–H and O–H groups in total. The molecule has 0 fully saturated rings. The van der Waals surface area contributed by atoms with Crippen LogP contribution in [0.25, 0.3) is 17.0 Å². The van der Waals surface area contributed by atoms with Crippen LogP contribution in [-0.2, 0) is 59.1 Å². The number of aromatic nitrogens is 1. The van der Waals surface area contributed by atoms with Gasteiger partial charge in [-0.1, -0.05) is 172 Å². The molecule has 0 spiro atoms. The molecule has 442 valence electrons. The molecule has 1 heterocycles. The summed E-state index contributed by atoms with van der Waals surface area (Å²) in [5.74, 6) is 4.21. The largest absolute Gasteiger partial charge is 0.489 e. The van der Waals surface area contributed by atoms with E-state index in [2.05, 4.69) is 147 Å². The number of rotatable bonds is 21. The molecule has 0 bridgehead atoms. The van der Waals surface area contributed by atoms with E-state index in [-0.39, 0.29) is 42.0 Å². The van der Waals surface area contributed by atoms with Crippen LogP contribution in [0.3, 0.4) is 0 Å². The zero-order valence-electron chi connectivity index (χ0n) is 51.2. The Morgan fingerprint density at radius 3 is 1.60 bits per heavy atom. The second-order valence-corrected chi connectivity index (χ2v) is 25.5. The average Bonchev–Trinajstić information content (AvgIpc) is 2.83. The molecule has 6 aromatic carbocycles. The Bertz CT molecular complexity index is 3540. The number of allylic oxidation sites excluding steroid dienone is 7. The monoisotopic (exact) mass is 1140 g/mol. The Morgan fingerprint density at radius 2 is 1.05 bits per heavy atom. The van der Waals surface area contributed by atoms with Crippen molar-refractivity contribution >= 4 is 29.6 Å². The van der Waals surface area contributed by atoms with Gasteiger partial charge in [0.25, 0.3) is 0 Å². The van der Waals surface area contributed by atoms with Crippen LogP contribution in [0, 0.1) is 33.5 Å². The summed E-state index contributed by atoms with van der Waals surface area (Å²) in [6.07, 6.45) is 22.2. The van der Waals surface area contributed by atoms with Crippen molar-refractivity contribution in [1.82, 2.24) is 4.98 Å². The van der Waals surface area contributed by atoms with Crippen molar-refractivity contribution < 1.29 is 33.2 Å². The molecule has 7 aromatic rings. The number of hydrogen-bond acceptors (Lipinski definition) is 9. The van der Waals surface area contributed by atoms with Crippen LogP contribution < -0.4 is 18.9 Å². The third-order valence-corrected chi connectivity index (χ3v) is 15.6. The van der Waals surface area contributed by atoms with Gasteiger partial charge in [-0.15, -0.1) is 0 Å². The minimum absolute atomic E-state index is 0.0298. The second-order valence-electron chi connectivity index (χ2n) is 25.5. The van der Waals surface area contributed by atoms with Gasteiger partial charge in [0.1, 0.15) is 37.1 Å². The maximum absolute atomic E-state index is 8.63. The predicted octanol–water partition coefficient (Wildman–Crippen LogP) is 19.1. The highest BCUT2D eigenvalue weighted by Gasteiger charge is 2.23. The van der Waals surface area contributed by atoms with Gasteiger partial charge in [-0.05, 0) is 154 Å². The van der Waals surface area contributed by atoms with Gasteiger partial charge >= 0.3 is 0 Å². The topological polar surface area (TPSA) is 128 Å². The molecule has 10 rings (SSSR count). The molecule has 10 nitrogen and oxygen atoms in total. The van der Waals surface area contributed by atoms with Gasteiger partial charge < -0.3 is 43.6 Å². The molecule has 2 unspecified atom stereocenters. The van der Waals surface area contributed by atoms with E-state index in [1.165, 1.54) is 33.4 Å². The number of H-pyrrole nitrogens is 1. The van der Waals surface area contributed by atoms with Crippen LogP contribution in [0.1, 0.15) is 132 Å². The van der Waals surface area contributed by atoms with E-state index in [1.54, 1.807) is 0 Å². The van der Waals surface area contributed by atoms with E-state index < -0.39 is 0 Å². The summed E-state index contributed by atoms with van der Waals surface area (Å²) >= 11 is 0. The standard InChI is InChI=1S/C74H82N2O7.CH3N/c1-72(2,3)58-28-18-50(19-29-58)43-77-45-52-22-34-61(35-23-52)82-69-41-56(49-79-63-38-39-65-64-12-10-11-13-66(64)76-67(65)42-63)40-68(70(69)83-62-36-24-53(25-37-62)46-78-44-51-20-30-59(31-21-51)73(4,5)6)80-47-54-14-16-55(17-15-54)48-81-71(75)57-26-32-60(33-27-57)74(7,8)9;1-2/h10,12,14-18,20,22-42,50-51,75-76H,11,13,19,21,43-49H2,1-9H3;2H,1H2. The Balaban J connectivity index is 0.00000428. The van der Waals surface area contributed by atoms with Crippen molar-refractivity contribution in [3.63, 3.8) is 0 Å². The molecule has 10 heteroatoms. The first kappa shape index (κ1) is 61.4. The molecule has 85 heavy (non-hydrogen) atoms. The normalized spacial score (nSPS) is 15.7. The van der Waals surface area contributed by atoms with Gasteiger partial charge in [0, 0.05) is 45.6 Å². The third-order valence-electron chi connectivity index (χ3n) is 15.6. The molecular weight excluding hydrogens is 1050 g/mol. The zero-order valence-corrected chi connectivity index (χ0v) is 51.2. The van der Waals surface area contributed by atoms with Gasteiger partial charge in [-0.25, -0.2) is 0 Å². The summed E-state index contributed by atoms with van der Waals surface area (Å²) in [6, 6.07) is 42.4. The minimum Gasteiger partial charge on any atom is -0.489 e. The highest BCUT2D eigenvalue weighted by molar-refractivity contribution is 5.92. The smallest absolute Gasteiger partial charge is 0.213 e. The lowest BCUT2D eigenvalue weighted by Gasteiger charge is -2.25. The summed E-state index contributed by atoms with van der Waals surface area (Å²) in [6.45, 7) is 25.6. The molecule has 2 atom stereocenters. The molecule has 0 amide bonds. The van der Waals surface area contributed by atoms with Crippen molar-refractivity contribution in [2.75, 3.05) is 13.2 Å². The van der Waals surface area contributed by atoms with E-state index in [1.807, 2.05) is 103 Å². The van der Waals surface area contributed by atoms with Gasteiger partial charge in [0.15, 0.2) is 11.5 Å². The first-order valence-corrected chi connectivity index (χ1v) is 29.8. The van der Waals surface area contributed by atoms with Gasteiger partial charge in [-0.3, -0.25) is 5.41 Å². The van der Waals surface area contributed by atoms with Gasteiger partial charge in [0.2, 0.25) is 11.6 Å². The van der Waals surface area contributed by atoms with Crippen LogP contribution in [0.15, 0.2) is 181 Å². The highest BCUT2D eigenvalue weighted by atomic mass is 16.5. The first-order valence-electron chi connectivity index (χ1n) is 29.8. The number of benzene rings is 6. The third kappa shape index (κ3) is 16.8. The lowest BCUT2D eigenvalue weighted by Crippen LogP contribution is -2.14. The summed E-state index contributed by atoms with van der Waals surface area (Å²) in [7, 11) is 0. The van der Waals surface area contributed by atoms with E-state index in [4.69, 9.17) is 44.0 Å². The highest BCUT2D eigenvalue weighted by Crippen LogP contribution is 2.45. The van der Waals surface area contributed by atoms with Crippen LogP contribution in [0.2, 0.25) is 0 Å². The molecule has 3 aliphatic rings. The Labute approximate surface area is 504 Å². The quantitative estimate of drug-likeness (QED) is 0.0483. The Hall–Kier alpha value is -8.18. The molecular formula is C75H85N3O7. The fourth-order valence-electron chi connectivity index (χ4n) is 10.5. The number of fused-ring (bicyclic) bond motifs is 3. The molecule has 0 radical (unpaired) electrons. The predicted molar refractivity (Wildman–Crippen MR) is 346 cm³/mol. The van der Waals surface area contributed by atoms with Crippen LogP contribution >= 0.6 is 0 Å². The van der Waals surface area contributed by atoms with Gasteiger partial charge in [-0.2, -0.15) is 0 Å². The lowest BCUT2D eigenvalue weighted by atomic mass is 9.82. The number of hydrogen-bond donors (Lipinski definition) is 3. The zero-order chi connectivity index (χ0) is 60.1. The number of ether oxygens (including phenoxy) is 7. The Morgan fingerprint density at radius 1 is 0.529 bits per heavy atom. The van der Waals surface area contributed by atoms with E-state index in [0.29, 0.717) is 67.0 Å². The number of aryl methyl sites for hydroxylation is 1. The summed E-state index contributed by atoms with van der Waals surface area (Å²) in [5, 5.41) is 15.3. The fourth-order valence-corrected chi connectivity index (χ4v) is 10.5.